The Kier molecular flexibility index (Phi) is 3.52. The van der Waals surface area contributed by atoms with Gasteiger partial charge < -0.3 is 0 Å². The fourth-order valence-corrected chi connectivity index (χ4v) is 2.43. The number of nitro groups is 1. The molecule has 0 atom stereocenters. The minimum Gasteiger partial charge on any atom is -0.294 e. The molecule has 1 aliphatic carbocycles. The van der Waals surface area contributed by atoms with E-state index in [1.165, 1.54) is 12.5 Å². The number of nitrogens with zero attached hydrogens (tertiary/aromatic N) is 1. The molecular weight excluding hydrogens is 218 g/mol. The first-order valence-electron chi connectivity index (χ1n) is 5.98. The molecule has 2 rings (SSSR count). The minimum atomic E-state index is -0.476. The number of hydrogen-bond acceptors (Lipinski definition) is 3. The van der Waals surface area contributed by atoms with Gasteiger partial charge in [0, 0.05) is 12.0 Å². The van der Waals surface area contributed by atoms with E-state index in [0.717, 1.165) is 25.7 Å². The van der Waals surface area contributed by atoms with E-state index in [1.807, 2.05) is 0 Å². The van der Waals surface area contributed by atoms with E-state index in [-0.39, 0.29) is 23.0 Å². The maximum atomic E-state index is 12.2. The molecule has 0 unspecified atom stereocenters. The fraction of sp³-hybridized carbons (Fsp3) is 0.462. The predicted octanol–water partition coefficient (Wildman–Crippen LogP) is 3.36. The van der Waals surface area contributed by atoms with E-state index in [4.69, 9.17) is 0 Å². The van der Waals surface area contributed by atoms with Crippen LogP contribution in [-0.4, -0.2) is 10.7 Å². The van der Waals surface area contributed by atoms with Crippen LogP contribution in [-0.2, 0) is 0 Å². The molecule has 0 radical (unpaired) electrons. The van der Waals surface area contributed by atoms with E-state index < -0.39 is 4.92 Å². The highest BCUT2D eigenvalue weighted by molar-refractivity contribution is 6.01. The molecule has 0 amide bonds. The number of nitro benzene ring substituents is 1. The van der Waals surface area contributed by atoms with Crippen LogP contribution in [0.2, 0.25) is 0 Å². The second kappa shape index (κ2) is 5.08. The van der Waals surface area contributed by atoms with Crippen molar-refractivity contribution in [2.24, 2.45) is 5.92 Å². The second-order valence-corrected chi connectivity index (χ2v) is 4.47. The molecule has 17 heavy (non-hydrogen) atoms. The average Bonchev–Trinajstić information content (AvgIpc) is 2.39. The minimum absolute atomic E-state index is 0.0233. The van der Waals surface area contributed by atoms with Crippen molar-refractivity contribution in [3.8, 4) is 0 Å². The van der Waals surface area contributed by atoms with Crippen LogP contribution in [0.25, 0.3) is 0 Å². The fourth-order valence-electron chi connectivity index (χ4n) is 2.43. The largest absolute Gasteiger partial charge is 0.294 e. The summed E-state index contributed by atoms with van der Waals surface area (Å²) >= 11 is 0. The molecule has 0 bridgehead atoms. The number of rotatable bonds is 3. The SMILES string of the molecule is O=C(c1ccccc1[N+](=O)[O-])C1CCCCC1. The Bertz CT molecular complexity index is 436. The summed E-state index contributed by atoms with van der Waals surface area (Å²) in [6.45, 7) is 0. The van der Waals surface area contributed by atoms with Gasteiger partial charge in [0.15, 0.2) is 5.78 Å². The van der Waals surface area contributed by atoms with Crippen molar-refractivity contribution in [3.05, 3.63) is 39.9 Å². The summed E-state index contributed by atoms with van der Waals surface area (Å²) in [5.74, 6) is -0.0816. The Balaban J connectivity index is 2.26. The predicted molar refractivity (Wildman–Crippen MR) is 64.0 cm³/mol. The molecule has 1 fully saturated rings. The van der Waals surface area contributed by atoms with Crippen LogP contribution in [0.1, 0.15) is 42.5 Å². The van der Waals surface area contributed by atoms with Crippen LogP contribution in [0.4, 0.5) is 5.69 Å². The van der Waals surface area contributed by atoms with Crippen LogP contribution in [0, 0.1) is 16.0 Å². The number of carbonyl (C=O) groups is 1. The van der Waals surface area contributed by atoms with Crippen molar-refractivity contribution < 1.29 is 9.72 Å². The van der Waals surface area contributed by atoms with Gasteiger partial charge in [0.1, 0.15) is 0 Å². The molecule has 0 aromatic heterocycles. The summed E-state index contributed by atoms with van der Waals surface area (Å²) in [4.78, 5) is 22.6. The highest BCUT2D eigenvalue weighted by Crippen LogP contribution is 2.29. The van der Waals surface area contributed by atoms with Gasteiger partial charge in [-0.25, -0.2) is 0 Å². The highest BCUT2D eigenvalue weighted by atomic mass is 16.6. The Morgan fingerprint density at radius 3 is 2.47 bits per heavy atom. The zero-order chi connectivity index (χ0) is 12.3. The smallest absolute Gasteiger partial charge is 0.280 e. The van der Waals surface area contributed by atoms with Crippen molar-refractivity contribution in [3.63, 3.8) is 0 Å². The molecule has 1 saturated carbocycles. The molecule has 4 heteroatoms. The third-order valence-electron chi connectivity index (χ3n) is 3.34. The van der Waals surface area contributed by atoms with Gasteiger partial charge in [0.05, 0.1) is 10.5 Å². The topological polar surface area (TPSA) is 60.2 Å². The van der Waals surface area contributed by atoms with Crippen molar-refractivity contribution in [1.82, 2.24) is 0 Å². The summed E-state index contributed by atoms with van der Waals surface area (Å²) in [5.41, 5.74) is 0.201. The number of Topliss-reactive ketones (excluding diaryl/α,β-unsaturated/α-hetero) is 1. The molecule has 4 nitrogen and oxygen atoms in total. The number of carbonyl (C=O) groups excluding carboxylic acids is 1. The van der Waals surface area contributed by atoms with Crippen molar-refractivity contribution in [2.45, 2.75) is 32.1 Å². The Hall–Kier alpha value is -1.71. The molecule has 0 aliphatic heterocycles. The molecule has 1 aromatic carbocycles. The summed E-state index contributed by atoms with van der Waals surface area (Å²) in [6, 6.07) is 6.24. The van der Waals surface area contributed by atoms with E-state index in [2.05, 4.69) is 0 Å². The van der Waals surface area contributed by atoms with E-state index in [9.17, 15) is 14.9 Å². The highest BCUT2D eigenvalue weighted by Gasteiger charge is 2.27. The third kappa shape index (κ3) is 2.52. The van der Waals surface area contributed by atoms with Crippen LogP contribution in [0.15, 0.2) is 24.3 Å². The lowest BCUT2D eigenvalue weighted by Gasteiger charge is -2.20. The molecule has 1 aliphatic rings. The van der Waals surface area contributed by atoms with E-state index in [1.54, 1.807) is 18.2 Å². The monoisotopic (exact) mass is 233 g/mol. The number of ketones is 1. The van der Waals surface area contributed by atoms with E-state index >= 15 is 0 Å². The van der Waals surface area contributed by atoms with Crippen molar-refractivity contribution in [1.29, 1.82) is 0 Å². The van der Waals surface area contributed by atoms with Gasteiger partial charge in [-0.2, -0.15) is 0 Å². The van der Waals surface area contributed by atoms with Gasteiger partial charge in [-0.3, -0.25) is 14.9 Å². The standard InChI is InChI=1S/C13H15NO3/c15-13(10-6-2-1-3-7-10)11-8-4-5-9-12(11)14(16)17/h4-5,8-10H,1-3,6-7H2. The van der Waals surface area contributed by atoms with Gasteiger partial charge in [0.25, 0.3) is 5.69 Å². The summed E-state index contributed by atoms with van der Waals surface area (Å²) in [7, 11) is 0. The Morgan fingerprint density at radius 2 is 1.82 bits per heavy atom. The number of benzene rings is 1. The summed E-state index contributed by atoms with van der Waals surface area (Å²) < 4.78 is 0. The maximum Gasteiger partial charge on any atom is 0.280 e. The molecule has 0 spiro atoms. The van der Waals surface area contributed by atoms with Gasteiger partial charge in [-0.15, -0.1) is 0 Å². The Labute approximate surface area is 99.8 Å². The zero-order valence-corrected chi connectivity index (χ0v) is 9.59. The Morgan fingerprint density at radius 1 is 1.18 bits per heavy atom. The van der Waals surface area contributed by atoms with Gasteiger partial charge in [-0.05, 0) is 18.9 Å². The summed E-state index contributed by atoms with van der Waals surface area (Å²) in [6.07, 6.45) is 5.00. The van der Waals surface area contributed by atoms with E-state index in [0.29, 0.717) is 0 Å². The lowest BCUT2D eigenvalue weighted by Crippen LogP contribution is -2.18. The molecular formula is C13H15NO3. The zero-order valence-electron chi connectivity index (χ0n) is 9.59. The summed E-state index contributed by atoms with van der Waals surface area (Å²) in [5, 5.41) is 10.9. The average molecular weight is 233 g/mol. The van der Waals surface area contributed by atoms with Gasteiger partial charge in [-0.1, -0.05) is 31.4 Å². The van der Waals surface area contributed by atoms with Crippen LogP contribution >= 0.6 is 0 Å². The van der Waals surface area contributed by atoms with Crippen molar-refractivity contribution in [2.75, 3.05) is 0 Å². The van der Waals surface area contributed by atoms with Crippen LogP contribution < -0.4 is 0 Å². The number of hydrogen-bond donors (Lipinski definition) is 0. The number of para-hydroxylation sites is 1. The van der Waals surface area contributed by atoms with Crippen LogP contribution in [0.5, 0.6) is 0 Å². The normalized spacial score (nSPS) is 16.7. The third-order valence-corrected chi connectivity index (χ3v) is 3.34. The first-order chi connectivity index (χ1) is 8.20. The van der Waals surface area contributed by atoms with Gasteiger partial charge in [0.2, 0.25) is 0 Å². The maximum absolute atomic E-state index is 12.2. The van der Waals surface area contributed by atoms with Crippen molar-refractivity contribution >= 4 is 11.5 Å². The second-order valence-electron chi connectivity index (χ2n) is 4.47. The van der Waals surface area contributed by atoms with Gasteiger partial charge >= 0.3 is 0 Å². The molecule has 1 aromatic rings. The lowest BCUT2D eigenvalue weighted by atomic mass is 9.83. The lowest BCUT2D eigenvalue weighted by molar-refractivity contribution is -0.385. The molecule has 90 valence electrons. The molecule has 0 heterocycles. The first-order valence-corrected chi connectivity index (χ1v) is 5.98. The quantitative estimate of drug-likeness (QED) is 0.457. The first kappa shape index (κ1) is 11.8. The molecule has 0 N–H and O–H groups in total. The van der Waals surface area contributed by atoms with Crippen LogP contribution in [0.3, 0.4) is 0 Å². The molecule has 0 saturated heterocycles.